The van der Waals surface area contributed by atoms with Gasteiger partial charge in [0.25, 0.3) is 12.9 Å². The minimum atomic E-state index is -3.70. The zero-order valence-corrected chi connectivity index (χ0v) is 52.2. The van der Waals surface area contributed by atoms with Crippen LogP contribution in [-0.2, 0) is 49.0 Å². The number of amidine groups is 1. The van der Waals surface area contributed by atoms with Gasteiger partial charge in [-0.25, -0.2) is 4.99 Å². The summed E-state index contributed by atoms with van der Waals surface area (Å²) < 4.78 is 47.3. The Labute approximate surface area is 524 Å². The Balaban J connectivity index is 0.889. The number of alkyl halides is 2. The van der Waals surface area contributed by atoms with E-state index in [1.807, 2.05) is 31.7 Å². The summed E-state index contributed by atoms with van der Waals surface area (Å²) in [6.07, 6.45) is 11.4. The third kappa shape index (κ3) is 16.9. The fourth-order valence-corrected chi connectivity index (χ4v) is 12.8. The van der Waals surface area contributed by atoms with Crippen molar-refractivity contribution < 1.29 is 66.9 Å². The van der Waals surface area contributed by atoms with E-state index in [0.29, 0.717) is 91.2 Å². The molecule has 21 nitrogen and oxygen atoms in total. The van der Waals surface area contributed by atoms with Crippen molar-refractivity contribution in [2.45, 2.75) is 114 Å². The van der Waals surface area contributed by atoms with Crippen molar-refractivity contribution in [3.63, 3.8) is 0 Å². The molecule has 1 aliphatic carbocycles. The Hall–Kier alpha value is -6.96. The molecule has 8 rings (SSSR count). The molecule has 0 aromatic heterocycles. The van der Waals surface area contributed by atoms with Crippen LogP contribution in [0, 0.1) is 0 Å². The van der Waals surface area contributed by atoms with Gasteiger partial charge < -0.3 is 50.0 Å². The number of nitrogens with zero attached hydrogens (tertiary/aromatic N) is 8. The number of benzene rings is 2. The molecular formula is C65H86ClF2N10O11+. The van der Waals surface area contributed by atoms with Crippen LogP contribution >= 0.6 is 11.6 Å². The quantitative estimate of drug-likeness (QED) is 0.0432. The van der Waals surface area contributed by atoms with Gasteiger partial charge in [-0.1, -0.05) is 87.0 Å². The average molecular weight is 1260 g/mol. The number of ether oxygens (including phenoxy) is 3. The van der Waals surface area contributed by atoms with E-state index in [2.05, 4.69) is 120 Å². The van der Waals surface area contributed by atoms with Crippen molar-refractivity contribution in [1.29, 1.82) is 0 Å². The molecule has 2 aromatic carbocycles. The SMILES string of the molecule is C=C1N=C(NC(=O)CCCCCN2/C(=C/C=C3\CCCC(/C=C/C4=[N+](CCCNC(=O)CN5CCN(COC=O)CCN(COC=O)CCN(CC(=O)O)CC5)c5ccccc5C4(C)C)=C3Cl)C(C)(C)c3ccccc32)C=CN1C1OC(CO)C(O)C1(F)F. The standard InChI is InChI=1S/C65H85ClF2N10O11/c1-46-70-56(26-30-76(46)62-65(67,68)61(86)53(41-79)89-62)71-57(82)21-7-6-12-28-77-51-19-10-8-17-49(51)63(2,3)54(77)24-22-47-15-13-16-48(60(47)66)23-25-55-64(4,5)50-18-9-11-20-52(50)78(55)29-14-27-69-58(83)39-72-31-32-73(40-59(84)85)34-36-75(43-88-45-81)38-37-74(35-33-72)42-87-44-80/h8-11,17-20,22-26,30,44-45,53,61-62,79,86H,1,6-7,12-16,21,27-29,31-43H2,2-5H3,(H2-,69,70,71,82,83,84,85)/p+1. The van der Waals surface area contributed by atoms with Gasteiger partial charge in [0.15, 0.2) is 18.4 Å². The minimum absolute atomic E-state index is 0.0407. The number of aliphatic carboxylic acids is 1. The van der Waals surface area contributed by atoms with E-state index < -0.39 is 36.9 Å². The van der Waals surface area contributed by atoms with Crippen LogP contribution in [0.25, 0.3) is 0 Å². The molecule has 5 N–H and O–H groups in total. The van der Waals surface area contributed by atoms with Gasteiger partial charge in [0.05, 0.1) is 25.1 Å². The lowest BCUT2D eigenvalue weighted by Gasteiger charge is -2.33. The fourth-order valence-electron chi connectivity index (χ4n) is 12.5. The number of aliphatic hydroxyl groups excluding tert-OH is 2. The predicted molar refractivity (Wildman–Crippen MR) is 334 cm³/mol. The Bertz CT molecular complexity index is 3130. The monoisotopic (exact) mass is 1260 g/mol. The van der Waals surface area contributed by atoms with Gasteiger partial charge in [0.2, 0.25) is 23.7 Å². The summed E-state index contributed by atoms with van der Waals surface area (Å²) in [7, 11) is 0. The van der Waals surface area contributed by atoms with Gasteiger partial charge >= 0.3 is 11.9 Å². The highest BCUT2D eigenvalue weighted by Gasteiger charge is 2.60. The zero-order chi connectivity index (χ0) is 63.9. The van der Waals surface area contributed by atoms with Crippen LogP contribution in [-0.4, -0.2) is 216 Å². The van der Waals surface area contributed by atoms with E-state index in [1.54, 1.807) is 0 Å². The number of rotatable bonds is 25. The summed E-state index contributed by atoms with van der Waals surface area (Å²) >= 11 is 7.40. The summed E-state index contributed by atoms with van der Waals surface area (Å²) in [5, 5.41) is 35.6. The number of hydrogen-bond acceptors (Lipinski definition) is 17. The molecule has 89 heavy (non-hydrogen) atoms. The lowest BCUT2D eigenvalue weighted by Crippen LogP contribution is -2.49. The maximum Gasteiger partial charge on any atom is 0.320 e. The molecule has 5 aliphatic heterocycles. The summed E-state index contributed by atoms with van der Waals surface area (Å²) in [6, 6.07) is 16.9. The van der Waals surface area contributed by atoms with Crippen molar-refractivity contribution in [3.05, 3.63) is 131 Å². The lowest BCUT2D eigenvalue weighted by atomic mass is 9.81. The zero-order valence-electron chi connectivity index (χ0n) is 51.5. The van der Waals surface area contributed by atoms with E-state index in [0.717, 1.165) is 82.5 Å². The number of unbranched alkanes of at least 4 members (excludes halogenated alkanes) is 2. The van der Waals surface area contributed by atoms with E-state index in [-0.39, 0.29) is 67.3 Å². The topological polar surface area (TPSA) is 233 Å². The Kier molecular flexibility index (Phi) is 23.8. The largest absolute Gasteiger partial charge is 0.480 e. The molecule has 0 spiro atoms. The number of hydrogen-bond donors (Lipinski definition) is 5. The number of carbonyl (C=O) groups is 5. The highest BCUT2D eigenvalue weighted by atomic mass is 35.5. The van der Waals surface area contributed by atoms with Crippen molar-refractivity contribution >= 4 is 65.3 Å². The lowest BCUT2D eigenvalue weighted by molar-refractivity contribution is -0.437. The summed E-state index contributed by atoms with van der Waals surface area (Å²) in [4.78, 5) is 75.8. The third-order valence-electron chi connectivity index (χ3n) is 17.4. The van der Waals surface area contributed by atoms with Crippen LogP contribution in [0.4, 0.5) is 20.2 Å². The van der Waals surface area contributed by atoms with Gasteiger partial charge in [-0.05, 0) is 80.9 Å². The Morgan fingerprint density at radius 3 is 2.10 bits per heavy atom. The number of allylic oxidation sites excluding steroid dienone is 8. The number of carboxylic acids is 1. The molecule has 0 saturated carbocycles. The van der Waals surface area contributed by atoms with Crippen molar-refractivity contribution in [1.82, 2.24) is 35.1 Å². The highest BCUT2D eigenvalue weighted by molar-refractivity contribution is 6.32. The van der Waals surface area contributed by atoms with Crippen LogP contribution in [0.1, 0.15) is 90.2 Å². The smallest absolute Gasteiger partial charge is 0.320 e. The number of aliphatic hydroxyl groups is 2. The number of nitrogens with one attached hydrogen (secondary N) is 2. The third-order valence-corrected chi connectivity index (χ3v) is 17.9. The maximum atomic E-state index is 14.8. The number of anilines is 1. The summed E-state index contributed by atoms with van der Waals surface area (Å²) in [5.41, 5.74) is 8.42. The molecule has 2 saturated heterocycles. The molecule has 5 heterocycles. The molecule has 2 amide bonds. The number of carboxylic acid groups (broad SMARTS) is 1. The fraction of sp³-hybridized carbons (Fsp3) is 0.523. The molecule has 0 radical (unpaired) electrons. The number of carbonyl (C=O) groups excluding carboxylic acids is 4. The summed E-state index contributed by atoms with van der Waals surface area (Å²) in [5.74, 6) is -5.08. The van der Waals surface area contributed by atoms with Crippen LogP contribution < -0.4 is 15.5 Å². The molecule has 6 aliphatic rings. The first-order valence-corrected chi connectivity index (χ1v) is 31.0. The molecule has 0 bridgehead atoms. The van der Waals surface area contributed by atoms with E-state index in [9.17, 15) is 48.1 Å². The normalized spacial score (nSPS) is 23.5. The first-order valence-electron chi connectivity index (χ1n) is 30.6. The van der Waals surface area contributed by atoms with E-state index >= 15 is 0 Å². The number of aliphatic imine (C=N–C) groups is 1. The van der Waals surface area contributed by atoms with Crippen LogP contribution in [0.2, 0.25) is 0 Å². The molecular weight excluding hydrogens is 1170 g/mol. The van der Waals surface area contributed by atoms with Crippen molar-refractivity contribution in [2.75, 3.05) is 110 Å². The number of para-hydroxylation sites is 2. The van der Waals surface area contributed by atoms with Crippen LogP contribution in [0.5, 0.6) is 0 Å². The molecule has 2 fully saturated rings. The molecule has 2 aromatic rings. The molecule has 3 unspecified atom stereocenters. The second-order valence-corrected chi connectivity index (χ2v) is 24.6. The maximum absolute atomic E-state index is 14.8. The van der Waals surface area contributed by atoms with E-state index in [1.165, 1.54) is 23.4 Å². The number of halogens is 3. The first kappa shape index (κ1) is 68.0. The number of amides is 2. The second kappa shape index (κ2) is 31.2. The van der Waals surface area contributed by atoms with Crippen LogP contribution in [0.3, 0.4) is 0 Å². The minimum Gasteiger partial charge on any atom is -0.480 e. The van der Waals surface area contributed by atoms with Gasteiger partial charge in [-0.2, -0.15) is 13.4 Å². The average Bonchev–Trinajstić information content (AvgIpc) is 1.64. The van der Waals surface area contributed by atoms with Gasteiger partial charge in [-0.15, -0.1) is 0 Å². The Morgan fingerprint density at radius 2 is 1.46 bits per heavy atom. The first-order chi connectivity index (χ1) is 42.7. The summed E-state index contributed by atoms with van der Waals surface area (Å²) in [6.45, 7) is 18.0. The highest BCUT2D eigenvalue weighted by Crippen LogP contribution is 2.48. The van der Waals surface area contributed by atoms with Gasteiger partial charge in [0, 0.05) is 124 Å². The van der Waals surface area contributed by atoms with Gasteiger partial charge in [-0.3, -0.25) is 43.6 Å². The van der Waals surface area contributed by atoms with E-state index in [4.69, 9.17) is 25.8 Å². The molecule has 482 valence electrons. The van der Waals surface area contributed by atoms with Crippen molar-refractivity contribution in [3.8, 4) is 0 Å². The Morgan fingerprint density at radius 1 is 0.820 bits per heavy atom. The van der Waals surface area contributed by atoms with Crippen LogP contribution in [0.15, 0.2) is 124 Å². The molecule has 24 heteroatoms. The van der Waals surface area contributed by atoms with Crippen molar-refractivity contribution in [2.24, 2.45) is 4.99 Å². The number of fused-ring (bicyclic) bond motifs is 2. The van der Waals surface area contributed by atoms with Gasteiger partial charge in [0.1, 0.15) is 31.2 Å². The predicted octanol–water partition coefficient (Wildman–Crippen LogP) is 6.07. The second-order valence-electron chi connectivity index (χ2n) is 24.2. The molecule has 3 atom stereocenters.